The Morgan fingerprint density at radius 1 is 1.25 bits per heavy atom. The van der Waals surface area contributed by atoms with Crippen LogP contribution >= 0.6 is 11.6 Å². The Balaban J connectivity index is 2.44. The maximum Gasteiger partial charge on any atom is 0.310 e. The maximum atomic E-state index is 10.6. The molecule has 1 rings (SSSR count). The Morgan fingerprint density at radius 3 is 2.69 bits per heavy atom. The van der Waals surface area contributed by atoms with Gasteiger partial charge in [0.2, 0.25) is 0 Å². The molecule has 0 unspecified atom stereocenters. The fraction of sp³-hybridized carbons (Fsp3) is 0.400. The van der Waals surface area contributed by atoms with E-state index in [9.17, 15) is 10.1 Å². The normalized spacial score (nSPS) is 10.1. The molecule has 0 aliphatic rings. The van der Waals surface area contributed by atoms with Crippen molar-refractivity contribution in [2.24, 2.45) is 0 Å². The molecule has 0 atom stereocenters. The number of benzene rings is 1. The highest BCUT2D eigenvalue weighted by atomic mass is 35.5. The van der Waals surface area contributed by atoms with Gasteiger partial charge in [0.15, 0.2) is 5.75 Å². The second-order valence-corrected chi connectivity index (χ2v) is 3.25. The van der Waals surface area contributed by atoms with Crippen molar-refractivity contribution in [2.45, 2.75) is 0 Å². The molecule has 5 nitrogen and oxygen atoms in total. The number of hydrogen-bond acceptors (Lipinski definition) is 4. The van der Waals surface area contributed by atoms with Crippen LogP contribution in [0.1, 0.15) is 0 Å². The second-order valence-electron chi connectivity index (χ2n) is 2.87. The SMILES string of the molecule is O=[N+]([O-])c1ccccc1OCCOCCCl. The van der Waals surface area contributed by atoms with Crippen molar-refractivity contribution in [1.82, 2.24) is 0 Å². The molecule has 0 heterocycles. The van der Waals surface area contributed by atoms with Crippen molar-refractivity contribution >= 4 is 17.3 Å². The first-order chi connectivity index (χ1) is 7.75. The van der Waals surface area contributed by atoms with E-state index in [0.29, 0.717) is 19.1 Å². The number of nitro groups is 1. The molecular formula is C10H12ClNO4. The lowest BCUT2D eigenvalue weighted by molar-refractivity contribution is -0.385. The molecule has 0 fully saturated rings. The molecule has 0 bridgehead atoms. The molecule has 0 saturated heterocycles. The first kappa shape index (κ1) is 12.7. The summed E-state index contributed by atoms with van der Waals surface area (Å²) in [6, 6.07) is 6.23. The largest absolute Gasteiger partial charge is 0.484 e. The molecule has 0 aromatic heterocycles. The first-order valence-electron chi connectivity index (χ1n) is 4.75. The Hall–Kier alpha value is -1.33. The lowest BCUT2D eigenvalue weighted by Crippen LogP contribution is -2.08. The van der Waals surface area contributed by atoms with E-state index >= 15 is 0 Å². The second kappa shape index (κ2) is 7.03. The lowest BCUT2D eigenvalue weighted by atomic mass is 10.3. The molecule has 0 aliphatic heterocycles. The van der Waals surface area contributed by atoms with Crippen molar-refractivity contribution in [1.29, 1.82) is 0 Å². The van der Waals surface area contributed by atoms with Crippen molar-refractivity contribution in [3.8, 4) is 5.75 Å². The van der Waals surface area contributed by atoms with Gasteiger partial charge in [0.25, 0.3) is 0 Å². The van der Waals surface area contributed by atoms with Crippen molar-refractivity contribution in [2.75, 3.05) is 25.7 Å². The summed E-state index contributed by atoms with van der Waals surface area (Å²) in [6.07, 6.45) is 0. The van der Waals surface area contributed by atoms with Crippen LogP contribution in [-0.2, 0) is 4.74 Å². The summed E-state index contributed by atoms with van der Waals surface area (Å²) in [5.41, 5.74) is -0.0418. The van der Waals surface area contributed by atoms with Gasteiger partial charge < -0.3 is 9.47 Å². The van der Waals surface area contributed by atoms with E-state index < -0.39 is 4.92 Å². The van der Waals surface area contributed by atoms with Crippen LogP contribution in [0.25, 0.3) is 0 Å². The zero-order valence-corrected chi connectivity index (χ0v) is 9.35. The number of rotatable bonds is 7. The van der Waals surface area contributed by atoms with Crippen LogP contribution in [0.3, 0.4) is 0 Å². The van der Waals surface area contributed by atoms with Gasteiger partial charge in [-0.1, -0.05) is 12.1 Å². The summed E-state index contributed by atoms with van der Waals surface area (Å²) in [7, 11) is 0. The van der Waals surface area contributed by atoms with Gasteiger partial charge in [0, 0.05) is 11.9 Å². The first-order valence-corrected chi connectivity index (χ1v) is 5.29. The highest BCUT2D eigenvalue weighted by Gasteiger charge is 2.12. The fourth-order valence-corrected chi connectivity index (χ4v) is 1.21. The van der Waals surface area contributed by atoms with Crippen molar-refractivity contribution in [3.63, 3.8) is 0 Å². The number of nitrogens with zero attached hydrogens (tertiary/aromatic N) is 1. The van der Waals surface area contributed by atoms with E-state index in [2.05, 4.69) is 0 Å². The average Bonchev–Trinajstić information content (AvgIpc) is 2.29. The summed E-state index contributed by atoms with van der Waals surface area (Å²) in [6.45, 7) is 1.07. The fourth-order valence-electron chi connectivity index (χ4n) is 1.10. The minimum Gasteiger partial charge on any atom is -0.484 e. The molecule has 16 heavy (non-hydrogen) atoms. The Kier molecular flexibility index (Phi) is 5.60. The average molecular weight is 246 g/mol. The molecular weight excluding hydrogens is 234 g/mol. The van der Waals surface area contributed by atoms with Gasteiger partial charge in [-0.15, -0.1) is 11.6 Å². The number of alkyl halides is 1. The summed E-state index contributed by atoms with van der Waals surface area (Å²) in [5.74, 6) is 0.674. The maximum absolute atomic E-state index is 10.6. The Bertz CT molecular complexity index is 345. The number of ether oxygens (including phenoxy) is 2. The lowest BCUT2D eigenvalue weighted by Gasteiger charge is -2.06. The van der Waals surface area contributed by atoms with Crippen molar-refractivity contribution in [3.05, 3.63) is 34.4 Å². The monoisotopic (exact) mass is 245 g/mol. The van der Waals surface area contributed by atoms with Gasteiger partial charge in [-0.2, -0.15) is 0 Å². The molecule has 0 spiro atoms. The van der Waals surface area contributed by atoms with E-state index in [1.54, 1.807) is 18.2 Å². The van der Waals surface area contributed by atoms with E-state index in [0.717, 1.165) is 0 Å². The van der Waals surface area contributed by atoms with Gasteiger partial charge in [0.05, 0.1) is 18.1 Å². The minimum atomic E-state index is -0.477. The molecule has 6 heteroatoms. The van der Waals surface area contributed by atoms with Gasteiger partial charge in [-0.05, 0) is 6.07 Å². The van der Waals surface area contributed by atoms with Crippen LogP contribution < -0.4 is 4.74 Å². The van der Waals surface area contributed by atoms with E-state index in [4.69, 9.17) is 21.1 Å². The molecule has 1 aromatic rings. The van der Waals surface area contributed by atoms with E-state index in [-0.39, 0.29) is 18.0 Å². The quantitative estimate of drug-likeness (QED) is 0.320. The molecule has 1 aromatic carbocycles. The van der Waals surface area contributed by atoms with Crippen LogP contribution in [0, 0.1) is 10.1 Å². The smallest absolute Gasteiger partial charge is 0.310 e. The summed E-state index contributed by atoms with van der Waals surface area (Å²) >= 11 is 5.41. The number of halogens is 1. The predicted molar refractivity (Wildman–Crippen MR) is 60.1 cm³/mol. The summed E-state index contributed by atoms with van der Waals surface area (Å²) < 4.78 is 10.3. The zero-order valence-electron chi connectivity index (χ0n) is 8.60. The molecule has 88 valence electrons. The van der Waals surface area contributed by atoms with E-state index in [1.165, 1.54) is 6.07 Å². The Morgan fingerprint density at radius 2 is 2.00 bits per heavy atom. The van der Waals surface area contributed by atoms with E-state index in [1.807, 2.05) is 0 Å². The third-order valence-corrected chi connectivity index (χ3v) is 1.92. The van der Waals surface area contributed by atoms with Gasteiger partial charge in [0.1, 0.15) is 6.61 Å². The van der Waals surface area contributed by atoms with Crippen LogP contribution in [0.4, 0.5) is 5.69 Å². The Labute approximate surface area is 98.1 Å². The van der Waals surface area contributed by atoms with Crippen LogP contribution in [0.15, 0.2) is 24.3 Å². The molecule has 0 saturated carbocycles. The predicted octanol–water partition coefficient (Wildman–Crippen LogP) is 2.23. The van der Waals surface area contributed by atoms with Crippen molar-refractivity contribution < 1.29 is 14.4 Å². The van der Waals surface area contributed by atoms with Crippen LogP contribution in [0.5, 0.6) is 5.75 Å². The molecule has 0 radical (unpaired) electrons. The topological polar surface area (TPSA) is 61.6 Å². The molecule has 0 N–H and O–H groups in total. The number of nitro benzene ring substituents is 1. The third kappa shape index (κ3) is 4.04. The number of para-hydroxylation sites is 2. The van der Waals surface area contributed by atoms with Gasteiger partial charge in [-0.25, -0.2) is 0 Å². The standard InChI is InChI=1S/C10H12ClNO4/c11-5-6-15-7-8-16-10-4-2-1-3-9(10)12(13)14/h1-4H,5-8H2. The highest BCUT2D eigenvalue weighted by molar-refractivity contribution is 6.17. The third-order valence-electron chi connectivity index (χ3n) is 1.77. The minimum absolute atomic E-state index is 0.0418. The summed E-state index contributed by atoms with van der Waals surface area (Å²) in [5, 5.41) is 10.6. The van der Waals surface area contributed by atoms with Gasteiger partial charge in [-0.3, -0.25) is 10.1 Å². The summed E-state index contributed by atoms with van der Waals surface area (Å²) in [4.78, 5) is 10.2. The van der Waals surface area contributed by atoms with Crippen LogP contribution in [-0.4, -0.2) is 30.6 Å². The molecule has 0 aliphatic carbocycles. The zero-order chi connectivity index (χ0) is 11.8. The molecule has 0 amide bonds. The highest BCUT2D eigenvalue weighted by Crippen LogP contribution is 2.25. The number of hydrogen-bond donors (Lipinski definition) is 0. The van der Waals surface area contributed by atoms with Gasteiger partial charge >= 0.3 is 5.69 Å². The van der Waals surface area contributed by atoms with Crippen LogP contribution in [0.2, 0.25) is 0 Å².